The predicted molar refractivity (Wildman–Crippen MR) is 102 cm³/mol. The Labute approximate surface area is 154 Å². The lowest BCUT2D eigenvalue weighted by molar-refractivity contribution is 0.0945. The van der Waals surface area contributed by atoms with Gasteiger partial charge in [-0.3, -0.25) is 4.79 Å². The molecule has 6 heteroatoms. The minimum absolute atomic E-state index is 0.182. The molecule has 1 amide bonds. The molecular weight excluding hydrogens is 328 g/mol. The second-order valence-electron chi connectivity index (χ2n) is 6.89. The van der Waals surface area contributed by atoms with E-state index in [0.29, 0.717) is 18.2 Å². The quantitative estimate of drug-likeness (QED) is 0.894. The SMILES string of the molecule is COc1ccc(CNC(=O)c2cc(C)nc(N3CCC(C)CC3)n2)cc1. The van der Waals surface area contributed by atoms with Crippen LogP contribution in [0, 0.1) is 12.8 Å². The number of aryl methyl sites for hydroxylation is 1. The summed E-state index contributed by atoms with van der Waals surface area (Å²) < 4.78 is 5.15. The number of nitrogens with one attached hydrogen (secondary N) is 1. The molecule has 6 nitrogen and oxygen atoms in total. The first kappa shape index (κ1) is 18.2. The Morgan fingerprint density at radius 3 is 2.58 bits per heavy atom. The summed E-state index contributed by atoms with van der Waals surface area (Å²) in [7, 11) is 1.63. The number of benzene rings is 1. The molecule has 2 aromatic rings. The Hall–Kier alpha value is -2.63. The number of ether oxygens (including phenoxy) is 1. The van der Waals surface area contributed by atoms with E-state index in [1.165, 1.54) is 0 Å². The van der Waals surface area contributed by atoms with Crippen LogP contribution in [0.25, 0.3) is 0 Å². The highest BCUT2D eigenvalue weighted by Gasteiger charge is 2.20. The summed E-state index contributed by atoms with van der Waals surface area (Å²) in [5.74, 6) is 2.01. The number of hydrogen-bond acceptors (Lipinski definition) is 5. The molecule has 1 fully saturated rings. The van der Waals surface area contributed by atoms with Crippen LogP contribution in [0.5, 0.6) is 5.75 Å². The number of amides is 1. The molecule has 1 aliphatic heterocycles. The van der Waals surface area contributed by atoms with E-state index >= 15 is 0 Å². The monoisotopic (exact) mass is 354 g/mol. The second-order valence-corrected chi connectivity index (χ2v) is 6.89. The van der Waals surface area contributed by atoms with Gasteiger partial charge in [0.25, 0.3) is 5.91 Å². The number of aromatic nitrogens is 2. The third-order valence-corrected chi connectivity index (χ3v) is 4.75. The van der Waals surface area contributed by atoms with Crippen LogP contribution in [0.3, 0.4) is 0 Å². The van der Waals surface area contributed by atoms with E-state index in [1.54, 1.807) is 13.2 Å². The van der Waals surface area contributed by atoms with Crippen molar-refractivity contribution in [3.05, 3.63) is 47.3 Å². The Bertz CT molecular complexity index is 753. The molecule has 1 saturated heterocycles. The van der Waals surface area contributed by atoms with Gasteiger partial charge < -0.3 is 15.0 Å². The molecule has 1 aliphatic rings. The summed E-state index contributed by atoms with van der Waals surface area (Å²) in [6.45, 7) is 6.50. The van der Waals surface area contributed by atoms with E-state index in [2.05, 4.69) is 27.1 Å². The average molecular weight is 354 g/mol. The normalized spacial score (nSPS) is 15.0. The molecule has 1 N–H and O–H groups in total. The van der Waals surface area contributed by atoms with Gasteiger partial charge in [0.2, 0.25) is 5.95 Å². The van der Waals surface area contributed by atoms with E-state index in [-0.39, 0.29) is 5.91 Å². The molecule has 1 aromatic carbocycles. The van der Waals surface area contributed by atoms with E-state index in [4.69, 9.17) is 4.74 Å². The highest BCUT2D eigenvalue weighted by Crippen LogP contribution is 2.20. The van der Waals surface area contributed by atoms with Gasteiger partial charge in [0.1, 0.15) is 11.4 Å². The number of methoxy groups -OCH3 is 1. The van der Waals surface area contributed by atoms with Crippen molar-refractivity contribution in [2.45, 2.75) is 33.2 Å². The zero-order chi connectivity index (χ0) is 18.5. The molecule has 0 aliphatic carbocycles. The largest absolute Gasteiger partial charge is 0.497 e. The molecule has 0 bridgehead atoms. The lowest BCUT2D eigenvalue weighted by Crippen LogP contribution is -2.35. The summed E-state index contributed by atoms with van der Waals surface area (Å²) in [6, 6.07) is 9.37. The highest BCUT2D eigenvalue weighted by atomic mass is 16.5. The summed E-state index contributed by atoms with van der Waals surface area (Å²) >= 11 is 0. The number of piperidine rings is 1. The summed E-state index contributed by atoms with van der Waals surface area (Å²) in [6.07, 6.45) is 2.27. The number of carbonyl (C=O) groups excluding carboxylic acids is 1. The number of hydrogen-bond donors (Lipinski definition) is 1. The number of carbonyl (C=O) groups is 1. The third-order valence-electron chi connectivity index (χ3n) is 4.75. The maximum absolute atomic E-state index is 12.5. The van der Waals surface area contributed by atoms with Crippen molar-refractivity contribution in [3.8, 4) is 5.75 Å². The molecule has 1 aromatic heterocycles. The van der Waals surface area contributed by atoms with Crippen molar-refractivity contribution in [2.24, 2.45) is 5.92 Å². The van der Waals surface area contributed by atoms with E-state index in [9.17, 15) is 4.79 Å². The van der Waals surface area contributed by atoms with Gasteiger partial charge in [-0.2, -0.15) is 0 Å². The van der Waals surface area contributed by atoms with Crippen LogP contribution in [-0.4, -0.2) is 36.1 Å². The number of nitrogens with zero attached hydrogens (tertiary/aromatic N) is 3. The van der Waals surface area contributed by atoms with Gasteiger partial charge in [0.05, 0.1) is 7.11 Å². The molecule has 3 rings (SSSR count). The molecule has 0 atom stereocenters. The Balaban J connectivity index is 1.66. The second kappa shape index (κ2) is 8.17. The first-order valence-corrected chi connectivity index (χ1v) is 9.07. The number of rotatable bonds is 5. The maximum atomic E-state index is 12.5. The topological polar surface area (TPSA) is 67.3 Å². The van der Waals surface area contributed by atoms with Crippen molar-refractivity contribution < 1.29 is 9.53 Å². The van der Waals surface area contributed by atoms with Crippen molar-refractivity contribution in [1.29, 1.82) is 0 Å². The molecule has 26 heavy (non-hydrogen) atoms. The Morgan fingerprint density at radius 2 is 1.92 bits per heavy atom. The first-order chi connectivity index (χ1) is 12.5. The van der Waals surface area contributed by atoms with Crippen molar-refractivity contribution in [3.63, 3.8) is 0 Å². The van der Waals surface area contributed by atoms with Crippen LogP contribution in [0.1, 0.15) is 41.5 Å². The Kier molecular flexibility index (Phi) is 5.71. The van der Waals surface area contributed by atoms with Gasteiger partial charge in [-0.15, -0.1) is 0 Å². The first-order valence-electron chi connectivity index (χ1n) is 9.07. The number of anilines is 1. The average Bonchev–Trinajstić information content (AvgIpc) is 2.66. The van der Waals surface area contributed by atoms with Crippen LogP contribution in [-0.2, 0) is 6.54 Å². The lowest BCUT2D eigenvalue weighted by atomic mass is 10.00. The van der Waals surface area contributed by atoms with Crippen LogP contribution in [0.2, 0.25) is 0 Å². The van der Waals surface area contributed by atoms with Gasteiger partial charge in [0.15, 0.2) is 0 Å². The van der Waals surface area contributed by atoms with Crippen molar-refractivity contribution in [1.82, 2.24) is 15.3 Å². The Morgan fingerprint density at radius 1 is 1.23 bits per heavy atom. The standard InChI is InChI=1S/C20H26N4O2/c1-14-8-10-24(11-9-14)20-22-15(2)12-18(23-20)19(25)21-13-16-4-6-17(26-3)7-5-16/h4-7,12,14H,8-11,13H2,1-3H3,(H,21,25). The fourth-order valence-electron chi connectivity index (χ4n) is 3.04. The smallest absolute Gasteiger partial charge is 0.270 e. The maximum Gasteiger partial charge on any atom is 0.270 e. The van der Waals surface area contributed by atoms with E-state index < -0.39 is 0 Å². The third kappa shape index (κ3) is 4.50. The van der Waals surface area contributed by atoms with Gasteiger partial charge in [0, 0.05) is 25.3 Å². The van der Waals surface area contributed by atoms with Crippen LogP contribution < -0.4 is 15.0 Å². The predicted octanol–water partition coefficient (Wildman–Crippen LogP) is 2.96. The van der Waals surface area contributed by atoms with Crippen molar-refractivity contribution in [2.75, 3.05) is 25.1 Å². The highest BCUT2D eigenvalue weighted by molar-refractivity contribution is 5.92. The van der Waals surface area contributed by atoms with Gasteiger partial charge in [-0.25, -0.2) is 9.97 Å². The molecule has 0 radical (unpaired) electrons. The fourth-order valence-corrected chi connectivity index (χ4v) is 3.04. The molecule has 0 unspecified atom stereocenters. The minimum atomic E-state index is -0.182. The van der Waals surface area contributed by atoms with E-state index in [1.807, 2.05) is 31.2 Å². The summed E-state index contributed by atoms with van der Waals surface area (Å²) in [5, 5.41) is 2.93. The van der Waals surface area contributed by atoms with Crippen LogP contribution in [0.15, 0.2) is 30.3 Å². The van der Waals surface area contributed by atoms with E-state index in [0.717, 1.165) is 48.9 Å². The zero-order valence-corrected chi connectivity index (χ0v) is 15.7. The van der Waals surface area contributed by atoms with Gasteiger partial charge in [-0.05, 0) is 49.4 Å². The van der Waals surface area contributed by atoms with Crippen LogP contribution in [0.4, 0.5) is 5.95 Å². The molecule has 0 spiro atoms. The van der Waals surface area contributed by atoms with Crippen molar-refractivity contribution >= 4 is 11.9 Å². The lowest BCUT2D eigenvalue weighted by Gasteiger charge is -2.30. The fraction of sp³-hybridized carbons (Fsp3) is 0.450. The zero-order valence-electron chi connectivity index (χ0n) is 15.7. The molecular formula is C20H26N4O2. The minimum Gasteiger partial charge on any atom is -0.497 e. The molecule has 0 saturated carbocycles. The molecule has 138 valence electrons. The van der Waals surface area contributed by atoms with Crippen LogP contribution >= 0.6 is 0 Å². The molecule has 2 heterocycles. The van der Waals surface area contributed by atoms with Gasteiger partial charge in [-0.1, -0.05) is 19.1 Å². The summed E-state index contributed by atoms with van der Waals surface area (Å²) in [4.78, 5) is 23.7. The van der Waals surface area contributed by atoms with Gasteiger partial charge >= 0.3 is 0 Å². The summed E-state index contributed by atoms with van der Waals surface area (Å²) in [5.41, 5.74) is 2.23.